The van der Waals surface area contributed by atoms with Gasteiger partial charge in [0.2, 0.25) is 0 Å². The second-order valence-corrected chi connectivity index (χ2v) is 5.16. The van der Waals surface area contributed by atoms with Gasteiger partial charge in [0.1, 0.15) is 0 Å². The fourth-order valence-corrected chi connectivity index (χ4v) is 2.96. The van der Waals surface area contributed by atoms with Crippen LogP contribution in [0.2, 0.25) is 0 Å². The number of benzene rings is 1. The fraction of sp³-hybridized carbons (Fsp3) is 0.500. The molecule has 0 amide bonds. The van der Waals surface area contributed by atoms with E-state index in [9.17, 15) is 4.79 Å². The maximum Gasteiger partial charge on any atom is 0.340 e. The molecule has 2 saturated heterocycles. The minimum atomic E-state index is -0.376. The Bertz CT molecular complexity index is 503. The number of carbonyl (C=O) groups is 1. The first-order chi connectivity index (χ1) is 9.17. The summed E-state index contributed by atoms with van der Waals surface area (Å²) in [5.74, 6) is -0.376. The lowest BCUT2D eigenvalue weighted by Crippen LogP contribution is -2.31. The van der Waals surface area contributed by atoms with Crippen LogP contribution in [0.1, 0.15) is 29.6 Å². The van der Waals surface area contributed by atoms with Gasteiger partial charge >= 0.3 is 5.97 Å². The number of nitrogens with two attached hydrogens (primary N) is 1. The smallest absolute Gasteiger partial charge is 0.340 e. The number of nitrogen functional groups attached to an aromatic ring is 1. The zero-order valence-corrected chi connectivity index (χ0v) is 10.9. The number of rotatable bonds is 3. The average molecular weight is 262 g/mol. The molecule has 3 rings (SSSR count). The molecule has 2 bridgehead atoms. The van der Waals surface area contributed by atoms with Crippen LogP contribution in [0.15, 0.2) is 18.2 Å². The third-order valence-corrected chi connectivity index (χ3v) is 3.90. The predicted octanol–water partition coefficient (Wildman–Crippen LogP) is 1.79. The third kappa shape index (κ3) is 2.26. The second kappa shape index (κ2) is 4.74. The van der Waals surface area contributed by atoms with Gasteiger partial charge in [-0.15, -0.1) is 0 Å². The molecule has 0 spiro atoms. The standard InChI is InChI=1S/C14H18N2O3/c1-18-14(17)10-6-8(15)2-4-11(10)16-12-7-9-3-5-13(12)19-9/h2,4,6,9,12-13,16H,3,5,7,15H2,1H3. The Hall–Kier alpha value is -1.75. The predicted molar refractivity (Wildman–Crippen MR) is 72.1 cm³/mol. The molecule has 0 aliphatic carbocycles. The van der Waals surface area contributed by atoms with Crippen molar-refractivity contribution in [2.75, 3.05) is 18.2 Å². The van der Waals surface area contributed by atoms with E-state index in [1.165, 1.54) is 7.11 Å². The lowest BCUT2D eigenvalue weighted by Gasteiger charge is -2.22. The summed E-state index contributed by atoms with van der Waals surface area (Å²) in [6, 6.07) is 5.52. The maximum atomic E-state index is 11.8. The van der Waals surface area contributed by atoms with E-state index >= 15 is 0 Å². The summed E-state index contributed by atoms with van der Waals surface area (Å²) in [5, 5.41) is 3.40. The average Bonchev–Trinajstić information content (AvgIpc) is 3.02. The van der Waals surface area contributed by atoms with Gasteiger partial charge in [-0.2, -0.15) is 0 Å². The SMILES string of the molecule is COC(=O)c1cc(N)ccc1NC1CC2CCC1O2. The summed E-state index contributed by atoms with van der Waals surface area (Å²) in [6.07, 6.45) is 3.86. The third-order valence-electron chi connectivity index (χ3n) is 3.90. The van der Waals surface area contributed by atoms with E-state index in [1.807, 2.05) is 6.07 Å². The van der Waals surface area contributed by atoms with Crippen LogP contribution in [0, 0.1) is 0 Å². The molecule has 5 heteroatoms. The number of anilines is 2. The molecule has 2 fully saturated rings. The molecular weight excluding hydrogens is 244 g/mol. The minimum absolute atomic E-state index is 0.257. The molecule has 1 aromatic rings. The molecule has 19 heavy (non-hydrogen) atoms. The van der Waals surface area contributed by atoms with Gasteiger partial charge in [-0.05, 0) is 37.5 Å². The topological polar surface area (TPSA) is 73.6 Å². The summed E-state index contributed by atoms with van der Waals surface area (Å²) >= 11 is 0. The number of methoxy groups -OCH3 is 1. The highest BCUT2D eigenvalue weighted by Crippen LogP contribution is 2.36. The zero-order chi connectivity index (χ0) is 13.4. The largest absolute Gasteiger partial charge is 0.465 e. The van der Waals surface area contributed by atoms with E-state index in [4.69, 9.17) is 15.2 Å². The first-order valence-electron chi connectivity index (χ1n) is 6.57. The summed E-state index contributed by atoms with van der Waals surface area (Å²) in [6.45, 7) is 0. The van der Waals surface area contributed by atoms with E-state index in [2.05, 4.69) is 5.32 Å². The van der Waals surface area contributed by atoms with Crippen molar-refractivity contribution in [1.29, 1.82) is 0 Å². The molecule has 102 valence electrons. The van der Waals surface area contributed by atoms with E-state index in [0.29, 0.717) is 17.4 Å². The van der Waals surface area contributed by atoms with Crippen molar-refractivity contribution in [1.82, 2.24) is 0 Å². The highest BCUT2D eigenvalue weighted by molar-refractivity contribution is 5.96. The quantitative estimate of drug-likeness (QED) is 0.641. The fourth-order valence-electron chi connectivity index (χ4n) is 2.96. The number of hydrogen-bond donors (Lipinski definition) is 2. The zero-order valence-electron chi connectivity index (χ0n) is 10.9. The van der Waals surface area contributed by atoms with E-state index in [1.54, 1.807) is 12.1 Å². The van der Waals surface area contributed by atoms with E-state index in [0.717, 1.165) is 24.9 Å². The van der Waals surface area contributed by atoms with Crippen LogP contribution in [0.25, 0.3) is 0 Å². The highest BCUT2D eigenvalue weighted by Gasteiger charge is 2.40. The van der Waals surface area contributed by atoms with Crippen LogP contribution in [0.3, 0.4) is 0 Å². The van der Waals surface area contributed by atoms with Gasteiger partial charge in [-0.1, -0.05) is 0 Å². The van der Waals surface area contributed by atoms with Gasteiger partial charge in [-0.3, -0.25) is 0 Å². The van der Waals surface area contributed by atoms with Crippen LogP contribution < -0.4 is 11.1 Å². The molecule has 2 heterocycles. The van der Waals surface area contributed by atoms with Gasteiger partial charge in [0.25, 0.3) is 0 Å². The first-order valence-corrected chi connectivity index (χ1v) is 6.57. The summed E-state index contributed by atoms with van der Waals surface area (Å²) in [5.41, 5.74) is 7.52. The van der Waals surface area contributed by atoms with Crippen LogP contribution in [-0.4, -0.2) is 31.3 Å². The molecule has 1 aromatic carbocycles. The number of fused-ring (bicyclic) bond motifs is 2. The highest BCUT2D eigenvalue weighted by atomic mass is 16.5. The van der Waals surface area contributed by atoms with Crippen molar-refractivity contribution in [2.45, 2.75) is 37.5 Å². The lowest BCUT2D eigenvalue weighted by atomic mass is 9.95. The normalized spacial score (nSPS) is 28.4. The van der Waals surface area contributed by atoms with Crippen LogP contribution in [0.5, 0.6) is 0 Å². The summed E-state index contributed by atoms with van der Waals surface area (Å²) in [7, 11) is 1.37. The Labute approximate surface area is 112 Å². The van der Waals surface area contributed by atoms with Crippen molar-refractivity contribution in [3.8, 4) is 0 Å². The number of hydrogen-bond acceptors (Lipinski definition) is 5. The second-order valence-electron chi connectivity index (χ2n) is 5.16. The summed E-state index contributed by atoms with van der Waals surface area (Å²) in [4.78, 5) is 11.8. The van der Waals surface area contributed by atoms with Gasteiger partial charge in [0.15, 0.2) is 0 Å². The van der Waals surface area contributed by atoms with E-state index < -0.39 is 0 Å². The molecule has 0 radical (unpaired) electrons. The minimum Gasteiger partial charge on any atom is -0.465 e. The van der Waals surface area contributed by atoms with Crippen LogP contribution >= 0.6 is 0 Å². The maximum absolute atomic E-state index is 11.8. The Kier molecular flexibility index (Phi) is 3.06. The molecule has 0 saturated carbocycles. The van der Waals surface area contributed by atoms with Crippen molar-refractivity contribution < 1.29 is 14.3 Å². The van der Waals surface area contributed by atoms with Crippen molar-refractivity contribution in [3.63, 3.8) is 0 Å². The molecule has 3 N–H and O–H groups in total. The molecule has 2 aliphatic heterocycles. The first kappa shape index (κ1) is 12.3. The Morgan fingerprint density at radius 2 is 2.32 bits per heavy atom. The molecule has 3 unspecified atom stereocenters. The molecule has 0 aromatic heterocycles. The van der Waals surface area contributed by atoms with Gasteiger partial charge in [-0.25, -0.2) is 4.79 Å². The van der Waals surface area contributed by atoms with Gasteiger partial charge in [0, 0.05) is 11.4 Å². The van der Waals surface area contributed by atoms with Gasteiger partial charge in [0.05, 0.1) is 30.9 Å². The molecule has 2 aliphatic rings. The Morgan fingerprint density at radius 1 is 1.47 bits per heavy atom. The number of ether oxygens (including phenoxy) is 2. The number of esters is 1. The molecule has 3 atom stereocenters. The summed E-state index contributed by atoms with van der Waals surface area (Å²) < 4.78 is 10.6. The van der Waals surface area contributed by atoms with E-state index in [-0.39, 0.29) is 18.1 Å². The monoisotopic (exact) mass is 262 g/mol. The van der Waals surface area contributed by atoms with Crippen LogP contribution in [-0.2, 0) is 9.47 Å². The molecular formula is C14H18N2O3. The lowest BCUT2D eigenvalue weighted by molar-refractivity contribution is 0.0601. The Balaban J connectivity index is 1.82. The van der Waals surface area contributed by atoms with Crippen molar-refractivity contribution in [2.24, 2.45) is 0 Å². The Morgan fingerprint density at radius 3 is 2.95 bits per heavy atom. The van der Waals surface area contributed by atoms with Crippen molar-refractivity contribution in [3.05, 3.63) is 23.8 Å². The van der Waals surface area contributed by atoms with Crippen LogP contribution in [0.4, 0.5) is 11.4 Å². The number of nitrogens with one attached hydrogen (secondary N) is 1. The van der Waals surface area contributed by atoms with Gasteiger partial charge < -0.3 is 20.5 Å². The molecule has 5 nitrogen and oxygen atoms in total. The van der Waals surface area contributed by atoms with Crippen molar-refractivity contribution >= 4 is 17.3 Å². The number of carbonyl (C=O) groups excluding carboxylic acids is 1.